The minimum atomic E-state index is -0.476. The standard InChI is InChI=1S/C21H25N3O2/c1-15(2)22-21(26)23-13-14-24(20(25)16(23)3)19-11-9-18(10-12-19)17-7-5-4-6-8-17/h4-12,15-16H,13-14H2,1-3H3,(H,22,26). The van der Waals surface area contributed by atoms with Crippen molar-refractivity contribution in [1.82, 2.24) is 10.2 Å². The maximum absolute atomic E-state index is 12.8. The van der Waals surface area contributed by atoms with E-state index in [0.29, 0.717) is 13.1 Å². The first kappa shape index (κ1) is 18.0. The molecular weight excluding hydrogens is 326 g/mol. The van der Waals surface area contributed by atoms with Crippen molar-refractivity contribution in [2.45, 2.75) is 32.9 Å². The lowest BCUT2D eigenvalue weighted by Gasteiger charge is -2.39. The van der Waals surface area contributed by atoms with E-state index in [1.807, 2.05) is 56.3 Å². The van der Waals surface area contributed by atoms with Crippen molar-refractivity contribution in [3.05, 3.63) is 54.6 Å². The summed E-state index contributed by atoms with van der Waals surface area (Å²) in [6.07, 6.45) is 0. The van der Waals surface area contributed by atoms with Gasteiger partial charge in [0.1, 0.15) is 6.04 Å². The molecule has 1 N–H and O–H groups in total. The van der Waals surface area contributed by atoms with Crippen LogP contribution in [0.5, 0.6) is 0 Å². The Labute approximate surface area is 154 Å². The molecule has 136 valence electrons. The minimum absolute atomic E-state index is 0.0494. The molecule has 3 amide bonds. The SMILES string of the molecule is CC(C)NC(=O)N1CCN(c2ccc(-c3ccccc3)cc2)C(=O)C1C. The molecule has 5 nitrogen and oxygen atoms in total. The third-order valence-corrected chi connectivity index (χ3v) is 4.61. The fraction of sp³-hybridized carbons (Fsp3) is 0.333. The highest BCUT2D eigenvalue weighted by atomic mass is 16.2. The lowest BCUT2D eigenvalue weighted by molar-refractivity contribution is -0.124. The minimum Gasteiger partial charge on any atom is -0.336 e. The Bertz CT molecular complexity index is 772. The van der Waals surface area contributed by atoms with Gasteiger partial charge in [-0.15, -0.1) is 0 Å². The molecule has 0 aliphatic carbocycles. The van der Waals surface area contributed by atoms with Gasteiger partial charge in [-0.2, -0.15) is 0 Å². The smallest absolute Gasteiger partial charge is 0.318 e. The van der Waals surface area contributed by atoms with Crippen LogP contribution in [0.2, 0.25) is 0 Å². The van der Waals surface area contributed by atoms with Crippen LogP contribution in [0.25, 0.3) is 11.1 Å². The summed E-state index contributed by atoms with van der Waals surface area (Å²) < 4.78 is 0. The number of rotatable bonds is 3. The fourth-order valence-electron chi connectivity index (χ4n) is 3.20. The molecule has 1 aliphatic rings. The number of benzene rings is 2. The summed E-state index contributed by atoms with van der Waals surface area (Å²) >= 11 is 0. The molecule has 1 atom stereocenters. The van der Waals surface area contributed by atoms with Crippen LogP contribution >= 0.6 is 0 Å². The molecule has 2 aromatic carbocycles. The van der Waals surface area contributed by atoms with Crippen LogP contribution in [0.1, 0.15) is 20.8 Å². The summed E-state index contributed by atoms with van der Waals surface area (Å²) in [6.45, 7) is 6.63. The molecule has 0 saturated carbocycles. The summed E-state index contributed by atoms with van der Waals surface area (Å²) in [5.41, 5.74) is 3.13. The number of nitrogens with one attached hydrogen (secondary N) is 1. The number of carbonyl (C=O) groups is 2. The molecule has 0 radical (unpaired) electrons. The summed E-state index contributed by atoms with van der Waals surface area (Å²) in [4.78, 5) is 28.4. The Morgan fingerprint density at radius 2 is 1.62 bits per heavy atom. The van der Waals surface area contributed by atoms with Crippen LogP contribution in [0.15, 0.2) is 54.6 Å². The lowest BCUT2D eigenvalue weighted by atomic mass is 10.0. The van der Waals surface area contributed by atoms with Crippen molar-refractivity contribution in [3.8, 4) is 11.1 Å². The van der Waals surface area contributed by atoms with E-state index in [4.69, 9.17) is 0 Å². The van der Waals surface area contributed by atoms with Crippen LogP contribution < -0.4 is 10.2 Å². The maximum Gasteiger partial charge on any atom is 0.318 e. The molecule has 1 aliphatic heterocycles. The van der Waals surface area contributed by atoms with Crippen molar-refractivity contribution in [2.75, 3.05) is 18.0 Å². The Morgan fingerprint density at radius 3 is 2.23 bits per heavy atom. The number of piperazine rings is 1. The van der Waals surface area contributed by atoms with Gasteiger partial charge in [0.05, 0.1) is 0 Å². The second kappa shape index (κ2) is 7.60. The number of carbonyl (C=O) groups excluding carboxylic acids is 2. The molecule has 0 bridgehead atoms. The average molecular weight is 351 g/mol. The first-order valence-electron chi connectivity index (χ1n) is 9.01. The Kier molecular flexibility index (Phi) is 5.26. The number of anilines is 1. The van der Waals surface area contributed by atoms with Gasteiger partial charge >= 0.3 is 6.03 Å². The van der Waals surface area contributed by atoms with E-state index in [1.165, 1.54) is 0 Å². The highest BCUT2D eigenvalue weighted by Crippen LogP contribution is 2.25. The first-order valence-corrected chi connectivity index (χ1v) is 9.01. The zero-order chi connectivity index (χ0) is 18.7. The maximum atomic E-state index is 12.8. The molecule has 5 heteroatoms. The van der Waals surface area contributed by atoms with E-state index in [9.17, 15) is 9.59 Å². The van der Waals surface area contributed by atoms with Crippen molar-refractivity contribution < 1.29 is 9.59 Å². The third kappa shape index (κ3) is 3.72. The monoisotopic (exact) mass is 351 g/mol. The van der Waals surface area contributed by atoms with Crippen molar-refractivity contribution in [3.63, 3.8) is 0 Å². The average Bonchev–Trinajstić information content (AvgIpc) is 2.64. The summed E-state index contributed by atoms with van der Waals surface area (Å²) in [7, 11) is 0. The van der Waals surface area contributed by atoms with Gasteiger partial charge in [0, 0.05) is 24.8 Å². The highest BCUT2D eigenvalue weighted by Gasteiger charge is 2.35. The second-order valence-corrected chi connectivity index (χ2v) is 6.88. The van der Waals surface area contributed by atoms with Crippen LogP contribution in [-0.4, -0.2) is 42.0 Å². The van der Waals surface area contributed by atoms with Crippen molar-refractivity contribution >= 4 is 17.6 Å². The van der Waals surface area contributed by atoms with E-state index in [1.54, 1.807) is 16.7 Å². The van der Waals surface area contributed by atoms with Gasteiger partial charge in [-0.05, 0) is 44.0 Å². The van der Waals surface area contributed by atoms with E-state index >= 15 is 0 Å². The molecule has 1 saturated heterocycles. The van der Waals surface area contributed by atoms with Crippen LogP contribution in [-0.2, 0) is 4.79 Å². The third-order valence-electron chi connectivity index (χ3n) is 4.61. The summed E-state index contributed by atoms with van der Waals surface area (Å²) in [5, 5.41) is 2.86. The van der Waals surface area contributed by atoms with Gasteiger partial charge in [-0.1, -0.05) is 42.5 Å². The molecule has 0 aromatic heterocycles. The number of hydrogen-bond acceptors (Lipinski definition) is 2. The van der Waals surface area contributed by atoms with Crippen molar-refractivity contribution in [2.24, 2.45) is 0 Å². The molecule has 1 unspecified atom stereocenters. The predicted octanol–water partition coefficient (Wildman–Crippen LogP) is 3.51. The molecular formula is C21H25N3O2. The zero-order valence-electron chi connectivity index (χ0n) is 15.5. The van der Waals surface area contributed by atoms with E-state index in [-0.39, 0.29) is 18.0 Å². The molecule has 26 heavy (non-hydrogen) atoms. The Hall–Kier alpha value is -2.82. The van der Waals surface area contributed by atoms with Gasteiger partial charge < -0.3 is 15.1 Å². The van der Waals surface area contributed by atoms with E-state index < -0.39 is 6.04 Å². The lowest BCUT2D eigenvalue weighted by Crippen LogP contribution is -2.60. The molecule has 1 heterocycles. The topological polar surface area (TPSA) is 52.7 Å². The Morgan fingerprint density at radius 1 is 1.00 bits per heavy atom. The van der Waals surface area contributed by atoms with Gasteiger partial charge in [0.25, 0.3) is 0 Å². The first-order chi connectivity index (χ1) is 12.5. The van der Waals surface area contributed by atoms with Gasteiger partial charge in [-0.3, -0.25) is 4.79 Å². The van der Waals surface area contributed by atoms with Crippen LogP contribution in [0.3, 0.4) is 0 Å². The van der Waals surface area contributed by atoms with Crippen LogP contribution in [0.4, 0.5) is 10.5 Å². The van der Waals surface area contributed by atoms with Gasteiger partial charge in [0.2, 0.25) is 5.91 Å². The number of nitrogens with zero attached hydrogens (tertiary/aromatic N) is 2. The largest absolute Gasteiger partial charge is 0.336 e. The second-order valence-electron chi connectivity index (χ2n) is 6.88. The van der Waals surface area contributed by atoms with Gasteiger partial charge in [-0.25, -0.2) is 4.79 Å². The molecule has 1 fully saturated rings. The highest BCUT2D eigenvalue weighted by molar-refractivity contribution is 6.00. The normalized spacial score (nSPS) is 17.5. The van der Waals surface area contributed by atoms with Crippen molar-refractivity contribution in [1.29, 1.82) is 0 Å². The predicted molar refractivity (Wildman–Crippen MR) is 104 cm³/mol. The quantitative estimate of drug-likeness (QED) is 0.920. The molecule has 0 spiro atoms. The number of amides is 3. The summed E-state index contributed by atoms with van der Waals surface area (Å²) in [5.74, 6) is -0.0531. The van der Waals surface area contributed by atoms with E-state index in [0.717, 1.165) is 16.8 Å². The Balaban J connectivity index is 1.73. The zero-order valence-corrected chi connectivity index (χ0v) is 15.5. The summed E-state index contributed by atoms with van der Waals surface area (Å²) in [6, 6.07) is 17.5. The molecule has 3 rings (SSSR count). The fourth-order valence-corrected chi connectivity index (χ4v) is 3.20. The van der Waals surface area contributed by atoms with Gasteiger partial charge in [0.15, 0.2) is 0 Å². The molecule has 2 aromatic rings. The van der Waals surface area contributed by atoms with E-state index in [2.05, 4.69) is 17.4 Å². The number of hydrogen-bond donors (Lipinski definition) is 1. The number of urea groups is 1. The van der Waals surface area contributed by atoms with Crippen LogP contribution in [0, 0.1) is 0 Å².